The van der Waals surface area contributed by atoms with Gasteiger partial charge < -0.3 is 30.5 Å². The number of anilines is 1. The zero-order valence-corrected chi connectivity index (χ0v) is 27.9. The van der Waals surface area contributed by atoms with E-state index in [1.807, 2.05) is 7.05 Å². The van der Waals surface area contributed by atoms with Crippen LogP contribution in [-0.2, 0) is 31.5 Å². The van der Waals surface area contributed by atoms with E-state index < -0.39 is 47.1 Å². The number of alkyl halides is 2. The number of benzene rings is 1. The van der Waals surface area contributed by atoms with E-state index in [9.17, 15) is 19.2 Å². The topological polar surface area (TPSA) is 133 Å². The van der Waals surface area contributed by atoms with Gasteiger partial charge in [0.15, 0.2) is 0 Å². The molecule has 1 aromatic heterocycles. The number of hydrogen-bond donors (Lipinski definition) is 3. The van der Waals surface area contributed by atoms with Gasteiger partial charge in [-0.3, -0.25) is 19.2 Å². The second-order valence-corrected chi connectivity index (χ2v) is 12.7. The summed E-state index contributed by atoms with van der Waals surface area (Å²) in [6.45, 7) is 6.14. The van der Waals surface area contributed by atoms with Crippen LogP contribution in [0.15, 0.2) is 36.5 Å². The fourth-order valence-electron chi connectivity index (χ4n) is 6.04. The van der Waals surface area contributed by atoms with E-state index in [0.717, 1.165) is 25.1 Å². The molecule has 0 unspecified atom stereocenters. The highest BCUT2D eigenvalue weighted by atomic mass is 19.3. The van der Waals surface area contributed by atoms with Gasteiger partial charge in [-0.2, -0.15) is 8.78 Å². The predicted octanol–water partition coefficient (Wildman–Crippen LogP) is 3.48. The van der Waals surface area contributed by atoms with Gasteiger partial charge in [0.25, 0.3) is 5.91 Å². The molecule has 1 saturated heterocycles. The van der Waals surface area contributed by atoms with Gasteiger partial charge in [0.05, 0.1) is 12.8 Å². The van der Waals surface area contributed by atoms with Crippen LogP contribution >= 0.6 is 0 Å². The molecule has 2 aromatic rings. The van der Waals surface area contributed by atoms with Crippen LogP contribution in [0.4, 0.5) is 18.9 Å². The number of carbonyl (C=O) groups is 4. The molecule has 0 radical (unpaired) electrons. The average Bonchev–Trinajstić information content (AvgIpc) is 3.08. The van der Waals surface area contributed by atoms with Crippen molar-refractivity contribution in [3.8, 4) is 5.88 Å². The quantitative estimate of drug-likeness (QED) is 0.314. The van der Waals surface area contributed by atoms with Crippen LogP contribution in [0.1, 0.15) is 57.1 Å². The zero-order chi connectivity index (χ0) is 35.0. The standard InChI is InChI=1S/C34H45F3N6O5/c1-5-28(44)39-27(32(46)43-16-14-42(3)15-17-43)19-22-8-12-26(25(35)18-22)40-31(45)30(23-9-6-21(2)7-10-23)41-33(47)34(36,37)24-11-13-29(48-4)38-20-24/h8,11-13,18,20-21,23,27,30H,5-7,9-10,14-17,19H2,1-4H3,(H,39,44)(H,40,45)(H,41,47)/t21-,23-,27-,30+/m1/s1. The van der Waals surface area contributed by atoms with E-state index in [-0.39, 0.29) is 36.2 Å². The number of nitrogens with zero attached hydrogens (tertiary/aromatic N) is 3. The smallest absolute Gasteiger partial charge is 0.351 e. The second-order valence-electron chi connectivity index (χ2n) is 12.7. The fraction of sp³-hybridized carbons (Fsp3) is 0.559. The predicted molar refractivity (Wildman–Crippen MR) is 173 cm³/mol. The number of nitrogens with one attached hydrogen (secondary N) is 3. The third kappa shape index (κ3) is 9.24. The first-order chi connectivity index (χ1) is 22.8. The highest BCUT2D eigenvalue weighted by molar-refractivity contribution is 5.98. The van der Waals surface area contributed by atoms with Gasteiger partial charge in [-0.15, -0.1) is 0 Å². The number of amides is 4. The van der Waals surface area contributed by atoms with Gasteiger partial charge in [0, 0.05) is 56.8 Å². The van der Waals surface area contributed by atoms with Crippen LogP contribution < -0.4 is 20.7 Å². The van der Waals surface area contributed by atoms with Gasteiger partial charge in [-0.05, 0) is 55.5 Å². The maximum atomic E-state index is 15.5. The Labute approximate surface area is 279 Å². The lowest BCUT2D eigenvalue weighted by Crippen LogP contribution is -2.54. The summed E-state index contributed by atoms with van der Waals surface area (Å²) in [5.41, 5.74) is -0.468. The van der Waals surface area contributed by atoms with Crippen LogP contribution in [0, 0.1) is 17.7 Å². The number of methoxy groups -OCH3 is 1. The highest BCUT2D eigenvalue weighted by Crippen LogP contribution is 2.33. The number of carbonyl (C=O) groups excluding carboxylic acids is 4. The van der Waals surface area contributed by atoms with Crippen LogP contribution in [0.25, 0.3) is 0 Å². The maximum Gasteiger partial charge on any atom is 0.351 e. The molecule has 14 heteroatoms. The molecule has 11 nitrogen and oxygen atoms in total. The third-order valence-corrected chi connectivity index (χ3v) is 9.19. The lowest BCUT2D eigenvalue weighted by Gasteiger charge is -2.35. The Morgan fingerprint density at radius 1 is 1.02 bits per heavy atom. The van der Waals surface area contributed by atoms with Crippen molar-refractivity contribution in [1.82, 2.24) is 25.4 Å². The molecule has 0 bridgehead atoms. The van der Waals surface area contributed by atoms with Gasteiger partial charge in [0.1, 0.15) is 17.9 Å². The number of piperazine rings is 1. The first-order valence-corrected chi connectivity index (χ1v) is 16.4. The van der Waals surface area contributed by atoms with E-state index in [1.54, 1.807) is 11.8 Å². The van der Waals surface area contributed by atoms with Crippen molar-refractivity contribution >= 4 is 29.3 Å². The molecule has 2 fully saturated rings. The SMILES string of the molecule is CCC(=O)N[C@H](Cc1ccc(NC(=O)[C@@H](NC(=O)C(F)(F)c2ccc(OC)nc2)[C@H]2CC[C@H](C)CC2)c(F)c1)C(=O)N1CCN(C)CC1. The number of pyridine rings is 1. The van der Waals surface area contributed by atoms with Crippen LogP contribution in [0.3, 0.4) is 0 Å². The fourth-order valence-corrected chi connectivity index (χ4v) is 6.04. The summed E-state index contributed by atoms with van der Waals surface area (Å²) in [6, 6.07) is 3.99. The minimum absolute atomic E-state index is 0.0241. The molecule has 0 spiro atoms. The van der Waals surface area contributed by atoms with E-state index in [2.05, 4.69) is 32.8 Å². The number of rotatable bonds is 12. The first kappa shape index (κ1) is 36.6. The van der Waals surface area contributed by atoms with Crippen molar-refractivity contribution in [2.75, 3.05) is 45.7 Å². The minimum Gasteiger partial charge on any atom is -0.481 e. The van der Waals surface area contributed by atoms with Crippen molar-refractivity contribution in [1.29, 1.82) is 0 Å². The summed E-state index contributed by atoms with van der Waals surface area (Å²) in [4.78, 5) is 59.6. The summed E-state index contributed by atoms with van der Waals surface area (Å²) >= 11 is 0. The Morgan fingerprint density at radius 3 is 2.29 bits per heavy atom. The van der Waals surface area contributed by atoms with Crippen LogP contribution in [-0.4, -0.2) is 90.8 Å². The summed E-state index contributed by atoms with van der Waals surface area (Å²) in [6.07, 6.45) is 3.56. The third-order valence-electron chi connectivity index (χ3n) is 9.19. The molecule has 1 aliphatic heterocycles. The van der Waals surface area contributed by atoms with Gasteiger partial charge in [-0.25, -0.2) is 9.37 Å². The van der Waals surface area contributed by atoms with Crippen molar-refractivity contribution in [2.24, 2.45) is 11.8 Å². The summed E-state index contributed by atoms with van der Waals surface area (Å²) < 4.78 is 50.8. The van der Waals surface area contributed by atoms with Crippen molar-refractivity contribution in [3.05, 3.63) is 53.5 Å². The molecule has 3 N–H and O–H groups in total. The van der Waals surface area contributed by atoms with Crippen molar-refractivity contribution < 1.29 is 37.1 Å². The lowest BCUT2D eigenvalue weighted by molar-refractivity contribution is -0.149. The molecule has 48 heavy (non-hydrogen) atoms. The monoisotopic (exact) mass is 674 g/mol. The number of aromatic nitrogens is 1. The summed E-state index contributed by atoms with van der Waals surface area (Å²) in [5, 5.41) is 7.47. The van der Waals surface area contributed by atoms with Gasteiger partial charge in [0.2, 0.25) is 23.6 Å². The van der Waals surface area contributed by atoms with E-state index in [1.165, 1.54) is 31.4 Å². The van der Waals surface area contributed by atoms with Crippen LogP contribution in [0.5, 0.6) is 5.88 Å². The Morgan fingerprint density at radius 2 is 1.71 bits per heavy atom. The van der Waals surface area contributed by atoms with Gasteiger partial charge in [-0.1, -0.05) is 32.8 Å². The molecule has 4 amide bonds. The number of hydrogen-bond acceptors (Lipinski definition) is 7. The van der Waals surface area contributed by atoms with Crippen molar-refractivity contribution in [3.63, 3.8) is 0 Å². The van der Waals surface area contributed by atoms with Gasteiger partial charge >= 0.3 is 5.92 Å². The molecule has 1 aromatic carbocycles. The lowest BCUT2D eigenvalue weighted by atomic mass is 9.79. The molecule has 2 aliphatic rings. The Balaban J connectivity index is 1.50. The Hall–Kier alpha value is -4.20. The number of halogens is 3. The normalized spacial score (nSPS) is 19.9. The molecule has 262 valence electrons. The first-order valence-electron chi connectivity index (χ1n) is 16.4. The van der Waals surface area contributed by atoms with E-state index >= 15 is 13.2 Å². The summed E-state index contributed by atoms with van der Waals surface area (Å²) in [5.74, 6) is -7.85. The molecule has 1 aliphatic carbocycles. The molecule has 2 heterocycles. The average molecular weight is 675 g/mol. The minimum atomic E-state index is -4.00. The van der Waals surface area contributed by atoms with Crippen molar-refractivity contribution in [2.45, 2.75) is 70.4 Å². The highest BCUT2D eigenvalue weighted by Gasteiger charge is 2.44. The molecular weight excluding hydrogens is 629 g/mol. The second kappa shape index (κ2) is 16.3. The number of likely N-dealkylation sites (N-methyl/N-ethyl adjacent to an activating group) is 1. The zero-order valence-electron chi connectivity index (χ0n) is 27.9. The Kier molecular flexibility index (Phi) is 12.4. The molecule has 4 rings (SSSR count). The van der Waals surface area contributed by atoms with E-state index in [0.29, 0.717) is 50.5 Å². The maximum absolute atomic E-state index is 15.5. The van der Waals surface area contributed by atoms with Crippen LogP contribution in [0.2, 0.25) is 0 Å². The van der Waals surface area contributed by atoms with E-state index in [4.69, 9.17) is 4.74 Å². The molecule has 2 atom stereocenters. The largest absolute Gasteiger partial charge is 0.481 e. The summed E-state index contributed by atoms with van der Waals surface area (Å²) in [7, 11) is 3.29. The number of ether oxygens (including phenoxy) is 1. The molecular formula is C34H45F3N6O5. The Bertz CT molecular complexity index is 1440. The molecule has 1 saturated carbocycles.